The molecule has 1 unspecified atom stereocenters. The number of nitrogens with one attached hydrogen (secondary N) is 1. The molecule has 1 nitrogen and oxygen atoms in total. The van der Waals surface area contributed by atoms with Crippen LogP contribution in [-0.4, -0.2) is 7.05 Å². The van der Waals surface area contributed by atoms with Crippen LogP contribution in [0.1, 0.15) is 17.2 Å². The summed E-state index contributed by atoms with van der Waals surface area (Å²) in [6.07, 6.45) is 0. The quantitative estimate of drug-likeness (QED) is 0.785. The van der Waals surface area contributed by atoms with Gasteiger partial charge in [0.25, 0.3) is 0 Å². The monoisotopic (exact) mass is 375 g/mol. The van der Waals surface area contributed by atoms with Crippen LogP contribution in [0.2, 0.25) is 5.02 Å². The number of hydrogen-bond donors (Lipinski definition) is 1. The Morgan fingerprint density at radius 1 is 1.22 bits per heavy atom. The van der Waals surface area contributed by atoms with Crippen LogP contribution < -0.4 is 5.32 Å². The Hall–Kier alpha value is -0.650. The fraction of sp³-hybridized carbons (Fsp3) is 0.143. The van der Waals surface area contributed by atoms with Crippen LogP contribution >= 0.6 is 34.2 Å². The van der Waals surface area contributed by atoms with Crippen LogP contribution in [0.5, 0.6) is 0 Å². The second-order valence-electron chi connectivity index (χ2n) is 3.94. The second-order valence-corrected chi connectivity index (χ2v) is 5.54. The molecular formula is C14H12ClFIN. The number of benzene rings is 2. The van der Waals surface area contributed by atoms with Crippen molar-refractivity contribution in [2.45, 2.75) is 6.04 Å². The molecule has 1 N–H and O–H groups in total. The molecule has 2 aromatic carbocycles. The summed E-state index contributed by atoms with van der Waals surface area (Å²) in [5, 5.41) is 3.94. The van der Waals surface area contributed by atoms with Gasteiger partial charge in [-0.15, -0.1) is 0 Å². The third kappa shape index (κ3) is 3.02. The maximum atomic E-state index is 13.1. The maximum Gasteiger partial charge on any atom is 0.124 e. The molecule has 0 aliphatic heterocycles. The summed E-state index contributed by atoms with van der Waals surface area (Å²) in [5.74, 6) is -0.218. The molecular weight excluding hydrogens is 364 g/mol. The van der Waals surface area contributed by atoms with Crippen molar-refractivity contribution in [2.75, 3.05) is 7.05 Å². The lowest BCUT2D eigenvalue weighted by Crippen LogP contribution is -2.18. The van der Waals surface area contributed by atoms with E-state index in [0.29, 0.717) is 5.02 Å². The van der Waals surface area contributed by atoms with Gasteiger partial charge in [-0.1, -0.05) is 29.8 Å². The van der Waals surface area contributed by atoms with E-state index in [9.17, 15) is 4.39 Å². The van der Waals surface area contributed by atoms with Crippen LogP contribution in [0.25, 0.3) is 0 Å². The molecule has 0 radical (unpaired) electrons. The predicted octanol–water partition coefficient (Wildman–Crippen LogP) is 4.39. The number of rotatable bonds is 3. The van der Waals surface area contributed by atoms with Crippen molar-refractivity contribution in [2.24, 2.45) is 0 Å². The van der Waals surface area contributed by atoms with Crippen molar-refractivity contribution in [3.63, 3.8) is 0 Å². The van der Waals surface area contributed by atoms with Crippen LogP contribution in [0.15, 0.2) is 42.5 Å². The first-order chi connectivity index (χ1) is 8.61. The van der Waals surface area contributed by atoms with Crippen molar-refractivity contribution in [1.82, 2.24) is 5.32 Å². The molecule has 0 bridgehead atoms. The van der Waals surface area contributed by atoms with E-state index in [-0.39, 0.29) is 11.9 Å². The highest BCUT2D eigenvalue weighted by Gasteiger charge is 2.15. The SMILES string of the molecule is CNC(c1cccc(Cl)c1)c1ccc(F)cc1I. The average molecular weight is 376 g/mol. The van der Waals surface area contributed by atoms with Crippen LogP contribution in [-0.2, 0) is 0 Å². The fourth-order valence-corrected chi connectivity index (χ4v) is 2.91. The molecule has 1 atom stereocenters. The lowest BCUT2D eigenvalue weighted by Gasteiger charge is -2.19. The van der Waals surface area contributed by atoms with Crippen LogP contribution in [0.3, 0.4) is 0 Å². The minimum atomic E-state index is -0.218. The Morgan fingerprint density at radius 3 is 2.61 bits per heavy atom. The lowest BCUT2D eigenvalue weighted by molar-refractivity contribution is 0.621. The molecule has 94 valence electrons. The predicted molar refractivity (Wildman–Crippen MR) is 81.5 cm³/mol. The van der Waals surface area contributed by atoms with Gasteiger partial charge in [0.2, 0.25) is 0 Å². The molecule has 0 aliphatic rings. The Kier molecular flexibility index (Phi) is 4.59. The molecule has 0 heterocycles. The first-order valence-corrected chi connectivity index (χ1v) is 6.95. The van der Waals surface area contributed by atoms with E-state index in [2.05, 4.69) is 27.9 Å². The van der Waals surface area contributed by atoms with E-state index in [1.165, 1.54) is 12.1 Å². The van der Waals surface area contributed by atoms with Gasteiger partial charge < -0.3 is 5.32 Å². The smallest absolute Gasteiger partial charge is 0.124 e. The van der Waals surface area contributed by atoms with E-state index < -0.39 is 0 Å². The first kappa shape index (κ1) is 13.8. The largest absolute Gasteiger partial charge is 0.309 e. The van der Waals surface area contributed by atoms with Gasteiger partial charge in [-0.2, -0.15) is 0 Å². The summed E-state index contributed by atoms with van der Waals surface area (Å²) in [6, 6.07) is 12.5. The summed E-state index contributed by atoms with van der Waals surface area (Å²) in [6.45, 7) is 0. The summed E-state index contributed by atoms with van der Waals surface area (Å²) < 4.78 is 14.0. The summed E-state index contributed by atoms with van der Waals surface area (Å²) in [5.41, 5.74) is 2.11. The maximum absolute atomic E-state index is 13.1. The molecule has 2 aromatic rings. The van der Waals surface area contributed by atoms with Gasteiger partial charge in [-0.05, 0) is 65.0 Å². The third-order valence-electron chi connectivity index (χ3n) is 2.74. The van der Waals surface area contributed by atoms with Crippen molar-refractivity contribution in [1.29, 1.82) is 0 Å². The highest BCUT2D eigenvalue weighted by atomic mass is 127. The van der Waals surface area contributed by atoms with E-state index in [4.69, 9.17) is 11.6 Å². The number of halogens is 3. The average Bonchev–Trinajstić information content (AvgIpc) is 2.33. The van der Waals surface area contributed by atoms with E-state index in [1.807, 2.05) is 31.3 Å². The molecule has 0 aliphatic carbocycles. The topological polar surface area (TPSA) is 12.0 Å². The standard InChI is InChI=1S/C14H12ClFIN/c1-18-14(9-3-2-4-10(15)7-9)12-6-5-11(16)8-13(12)17/h2-8,14,18H,1H3. The molecule has 0 spiro atoms. The van der Waals surface area contributed by atoms with Crippen molar-refractivity contribution >= 4 is 34.2 Å². The lowest BCUT2D eigenvalue weighted by atomic mass is 9.99. The van der Waals surface area contributed by atoms with E-state index in [0.717, 1.165) is 14.7 Å². The van der Waals surface area contributed by atoms with Crippen LogP contribution in [0.4, 0.5) is 4.39 Å². The Labute approximate surface area is 124 Å². The van der Waals surface area contributed by atoms with Gasteiger partial charge in [-0.3, -0.25) is 0 Å². The van der Waals surface area contributed by atoms with Gasteiger partial charge >= 0.3 is 0 Å². The summed E-state index contributed by atoms with van der Waals surface area (Å²) >= 11 is 8.16. The minimum absolute atomic E-state index is 0.0104. The second kappa shape index (κ2) is 5.99. The zero-order chi connectivity index (χ0) is 13.1. The Balaban J connectivity index is 2.45. The molecule has 18 heavy (non-hydrogen) atoms. The zero-order valence-electron chi connectivity index (χ0n) is 9.75. The molecule has 4 heteroatoms. The first-order valence-electron chi connectivity index (χ1n) is 5.49. The van der Waals surface area contributed by atoms with Gasteiger partial charge in [-0.25, -0.2) is 4.39 Å². The third-order valence-corrected chi connectivity index (χ3v) is 3.91. The molecule has 0 saturated carbocycles. The van der Waals surface area contributed by atoms with E-state index >= 15 is 0 Å². The molecule has 0 amide bonds. The fourth-order valence-electron chi connectivity index (χ4n) is 1.92. The Morgan fingerprint density at radius 2 is 2.00 bits per heavy atom. The van der Waals surface area contributed by atoms with Gasteiger partial charge in [0.1, 0.15) is 5.82 Å². The summed E-state index contributed by atoms with van der Waals surface area (Å²) in [4.78, 5) is 0. The van der Waals surface area contributed by atoms with Crippen LogP contribution in [0, 0.1) is 9.39 Å². The highest BCUT2D eigenvalue weighted by Crippen LogP contribution is 2.28. The Bertz CT molecular complexity index is 559. The van der Waals surface area contributed by atoms with Gasteiger partial charge in [0.15, 0.2) is 0 Å². The van der Waals surface area contributed by atoms with Crippen molar-refractivity contribution in [3.05, 3.63) is 68.0 Å². The van der Waals surface area contributed by atoms with Gasteiger partial charge in [0, 0.05) is 8.59 Å². The van der Waals surface area contributed by atoms with Crippen molar-refractivity contribution < 1.29 is 4.39 Å². The summed E-state index contributed by atoms with van der Waals surface area (Å²) in [7, 11) is 1.88. The molecule has 0 aromatic heterocycles. The van der Waals surface area contributed by atoms with Crippen molar-refractivity contribution in [3.8, 4) is 0 Å². The normalized spacial score (nSPS) is 12.4. The highest BCUT2D eigenvalue weighted by molar-refractivity contribution is 14.1. The molecule has 2 rings (SSSR count). The minimum Gasteiger partial charge on any atom is -0.309 e. The number of hydrogen-bond acceptors (Lipinski definition) is 1. The van der Waals surface area contributed by atoms with E-state index in [1.54, 1.807) is 6.07 Å². The van der Waals surface area contributed by atoms with Gasteiger partial charge in [0.05, 0.1) is 6.04 Å². The zero-order valence-corrected chi connectivity index (χ0v) is 12.7. The molecule has 0 fully saturated rings. The molecule has 0 saturated heterocycles.